The van der Waals surface area contributed by atoms with E-state index in [1.165, 1.54) is 0 Å². The summed E-state index contributed by atoms with van der Waals surface area (Å²) in [4.78, 5) is 8.62. The minimum atomic E-state index is -0.333. The van der Waals surface area contributed by atoms with Crippen molar-refractivity contribution in [1.29, 1.82) is 0 Å². The van der Waals surface area contributed by atoms with E-state index in [9.17, 15) is 5.11 Å². The largest absolute Gasteiger partial charge is 0.393 e. The van der Waals surface area contributed by atoms with Gasteiger partial charge in [0.2, 0.25) is 0 Å². The van der Waals surface area contributed by atoms with Crippen molar-refractivity contribution >= 4 is 5.82 Å². The molecule has 0 aliphatic carbocycles. The van der Waals surface area contributed by atoms with Gasteiger partial charge in [-0.05, 0) is 44.6 Å². The molecule has 0 spiro atoms. The van der Waals surface area contributed by atoms with Crippen molar-refractivity contribution in [2.24, 2.45) is 0 Å². The summed E-state index contributed by atoms with van der Waals surface area (Å²) in [5.41, 5.74) is 6.70. The highest BCUT2D eigenvalue weighted by molar-refractivity contribution is 5.32. The van der Waals surface area contributed by atoms with Crippen molar-refractivity contribution in [1.82, 2.24) is 14.8 Å². The Hall–Kier alpha value is -1.17. The van der Waals surface area contributed by atoms with E-state index < -0.39 is 0 Å². The summed E-state index contributed by atoms with van der Waals surface area (Å²) in [5, 5.41) is 10.2. The number of aromatic nitrogens is 1. The van der Waals surface area contributed by atoms with Gasteiger partial charge in [0.15, 0.2) is 0 Å². The van der Waals surface area contributed by atoms with E-state index in [4.69, 9.17) is 5.73 Å². The van der Waals surface area contributed by atoms with Crippen LogP contribution in [0.25, 0.3) is 0 Å². The SMILES string of the molecule is CN1CCN(C)C(CC(O)Cc2ccnc(N)c2)C1. The van der Waals surface area contributed by atoms with Gasteiger partial charge in [0.25, 0.3) is 0 Å². The maximum Gasteiger partial charge on any atom is 0.123 e. The summed E-state index contributed by atoms with van der Waals surface area (Å²) >= 11 is 0. The van der Waals surface area contributed by atoms with Crippen molar-refractivity contribution < 1.29 is 5.11 Å². The smallest absolute Gasteiger partial charge is 0.123 e. The summed E-state index contributed by atoms with van der Waals surface area (Å²) in [6.45, 7) is 3.19. The predicted molar refractivity (Wildman–Crippen MR) is 76.9 cm³/mol. The molecule has 1 saturated heterocycles. The third-order valence-electron chi connectivity index (χ3n) is 3.84. The van der Waals surface area contributed by atoms with Gasteiger partial charge in [0, 0.05) is 31.9 Å². The summed E-state index contributed by atoms with van der Waals surface area (Å²) in [5.74, 6) is 0.513. The maximum absolute atomic E-state index is 10.2. The molecule has 2 rings (SSSR count). The lowest BCUT2D eigenvalue weighted by molar-refractivity contribution is 0.0639. The zero-order chi connectivity index (χ0) is 13.8. The molecule has 2 unspecified atom stereocenters. The number of hydrogen-bond donors (Lipinski definition) is 2. The third-order valence-corrected chi connectivity index (χ3v) is 3.84. The van der Waals surface area contributed by atoms with Crippen LogP contribution in [0.2, 0.25) is 0 Å². The number of pyridine rings is 1. The number of aliphatic hydroxyl groups is 1. The fourth-order valence-electron chi connectivity index (χ4n) is 2.65. The van der Waals surface area contributed by atoms with Gasteiger partial charge in [-0.15, -0.1) is 0 Å². The number of hydrogen-bond acceptors (Lipinski definition) is 5. The third kappa shape index (κ3) is 4.16. The Morgan fingerprint density at radius 3 is 3.00 bits per heavy atom. The first-order valence-electron chi connectivity index (χ1n) is 6.82. The predicted octanol–water partition coefficient (Wildman–Crippen LogP) is 0.203. The number of nitrogens with zero attached hydrogens (tertiary/aromatic N) is 3. The van der Waals surface area contributed by atoms with Crippen molar-refractivity contribution in [3.63, 3.8) is 0 Å². The molecule has 0 amide bonds. The summed E-state index contributed by atoms with van der Waals surface area (Å²) in [6, 6.07) is 4.17. The Kier molecular flexibility index (Phi) is 4.74. The van der Waals surface area contributed by atoms with Crippen molar-refractivity contribution in [3.05, 3.63) is 23.9 Å². The van der Waals surface area contributed by atoms with Gasteiger partial charge < -0.3 is 20.6 Å². The first-order chi connectivity index (χ1) is 9.04. The second-order valence-electron chi connectivity index (χ2n) is 5.58. The molecule has 0 bridgehead atoms. The molecule has 2 heterocycles. The molecule has 5 heteroatoms. The number of likely N-dealkylation sites (N-methyl/N-ethyl adjacent to an activating group) is 2. The van der Waals surface area contributed by atoms with Crippen molar-refractivity contribution in [2.45, 2.75) is 25.0 Å². The average Bonchev–Trinajstić information content (AvgIpc) is 2.34. The van der Waals surface area contributed by atoms with Crippen LogP contribution >= 0.6 is 0 Å². The Morgan fingerprint density at radius 2 is 2.26 bits per heavy atom. The fraction of sp³-hybridized carbons (Fsp3) is 0.643. The van der Waals surface area contributed by atoms with Gasteiger partial charge in [-0.25, -0.2) is 4.98 Å². The second-order valence-corrected chi connectivity index (χ2v) is 5.58. The summed E-state index contributed by atoms with van der Waals surface area (Å²) in [6.07, 6.45) is 2.79. The van der Waals surface area contributed by atoms with Gasteiger partial charge in [-0.3, -0.25) is 0 Å². The first kappa shape index (κ1) is 14.2. The summed E-state index contributed by atoms with van der Waals surface area (Å²) < 4.78 is 0. The lowest BCUT2D eigenvalue weighted by atomic mass is 10.00. The van der Waals surface area contributed by atoms with Gasteiger partial charge in [-0.1, -0.05) is 0 Å². The molecule has 1 aromatic heterocycles. The van der Waals surface area contributed by atoms with Gasteiger partial charge in [-0.2, -0.15) is 0 Å². The monoisotopic (exact) mass is 264 g/mol. The number of piperazine rings is 1. The molecule has 3 N–H and O–H groups in total. The number of rotatable bonds is 4. The van der Waals surface area contributed by atoms with E-state index in [0.29, 0.717) is 18.3 Å². The van der Waals surface area contributed by atoms with Crippen LogP contribution in [0.3, 0.4) is 0 Å². The van der Waals surface area contributed by atoms with Crippen LogP contribution < -0.4 is 5.73 Å². The Labute approximate surface area is 115 Å². The molecule has 106 valence electrons. The molecule has 5 nitrogen and oxygen atoms in total. The van der Waals surface area contributed by atoms with E-state index in [2.05, 4.69) is 28.9 Å². The number of nitrogens with two attached hydrogens (primary N) is 1. The summed E-state index contributed by atoms with van der Waals surface area (Å²) in [7, 11) is 4.27. The van der Waals surface area contributed by atoms with Crippen LogP contribution in [-0.4, -0.2) is 65.8 Å². The normalized spacial score (nSPS) is 23.4. The lowest BCUT2D eigenvalue weighted by Crippen LogP contribution is -2.51. The molecule has 0 radical (unpaired) electrons. The average molecular weight is 264 g/mol. The van der Waals surface area contributed by atoms with E-state index in [-0.39, 0.29) is 6.10 Å². The van der Waals surface area contributed by atoms with E-state index in [1.807, 2.05) is 12.1 Å². The highest BCUT2D eigenvalue weighted by atomic mass is 16.3. The molecule has 0 aromatic carbocycles. The molecular weight excluding hydrogens is 240 g/mol. The second kappa shape index (κ2) is 6.32. The van der Waals surface area contributed by atoms with Crippen LogP contribution in [-0.2, 0) is 6.42 Å². The highest BCUT2D eigenvalue weighted by Gasteiger charge is 2.24. The fourth-order valence-corrected chi connectivity index (χ4v) is 2.65. The van der Waals surface area contributed by atoms with Crippen LogP contribution in [0.5, 0.6) is 0 Å². The van der Waals surface area contributed by atoms with Crippen LogP contribution in [0.15, 0.2) is 18.3 Å². The molecule has 2 atom stereocenters. The molecular formula is C14H24N4O. The maximum atomic E-state index is 10.2. The Bertz CT molecular complexity index is 412. The number of aliphatic hydroxyl groups excluding tert-OH is 1. The standard InChI is InChI=1S/C14H24N4O/c1-17-5-6-18(2)12(10-17)9-13(19)7-11-3-4-16-14(15)8-11/h3-4,8,12-13,19H,5-7,9-10H2,1-2H3,(H2,15,16). The molecule has 1 fully saturated rings. The quantitative estimate of drug-likeness (QED) is 0.813. The minimum Gasteiger partial charge on any atom is -0.393 e. The van der Waals surface area contributed by atoms with Crippen LogP contribution in [0.4, 0.5) is 5.82 Å². The Balaban J connectivity index is 1.88. The molecule has 19 heavy (non-hydrogen) atoms. The van der Waals surface area contributed by atoms with E-state index in [1.54, 1.807) is 6.20 Å². The van der Waals surface area contributed by atoms with Crippen molar-refractivity contribution in [3.8, 4) is 0 Å². The topological polar surface area (TPSA) is 65.6 Å². The van der Waals surface area contributed by atoms with E-state index >= 15 is 0 Å². The molecule has 1 aromatic rings. The molecule has 1 aliphatic heterocycles. The number of nitrogen functional groups attached to an aromatic ring is 1. The van der Waals surface area contributed by atoms with Gasteiger partial charge >= 0.3 is 0 Å². The Morgan fingerprint density at radius 1 is 1.47 bits per heavy atom. The van der Waals surface area contributed by atoms with Crippen LogP contribution in [0, 0.1) is 0 Å². The molecule has 0 saturated carbocycles. The first-order valence-corrected chi connectivity index (χ1v) is 6.82. The zero-order valence-electron chi connectivity index (χ0n) is 11.8. The minimum absolute atomic E-state index is 0.333. The van der Waals surface area contributed by atoms with Crippen molar-refractivity contribution in [2.75, 3.05) is 39.5 Å². The zero-order valence-corrected chi connectivity index (χ0v) is 11.8. The lowest BCUT2D eigenvalue weighted by Gasteiger charge is -2.38. The van der Waals surface area contributed by atoms with Gasteiger partial charge in [0.05, 0.1) is 6.10 Å². The van der Waals surface area contributed by atoms with Crippen LogP contribution in [0.1, 0.15) is 12.0 Å². The van der Waals surface area contributed by atoms with E-state index in [0.717, 1.165) is 31.6 Å². The highest BCUT2D eigenvalue weighted by Crippen LogP contribution is 2.15. The number of anilines is 1. The van der Waals surface area contributed by atoms with Gasteiger partial charge in [0.1, 0.15) is 5.82 Å². The molecule has 1 aliphatic rings.